The SMILES string of the molecule is [N-]=[N+]=NCc1ccccc1S(=O)O. The first-order chi connectivity index (χ1) is 6.25. The van der Waals surface area contributed by atoms with Crippen LogP contribution in [0, 0.1) is 0 Å². The van der Waals surface area contributed by atoms with E-state index in [1.165, 1.54) is 6.07 Å². The fraction of sp³-hybridized carbons (Fsp3) is 0.143. The van der Waals surface area contributed by atoms with Gasteiger partial charge in [0.2, 0.25) is 0 Å². The minimum atomic E-state index is -2.03. The summed E-state index contributed by atoms with van der Waals surface area (Å²) in [5, 5.41) is 3.32. The first kappa shape index (κ1) is 9.73. The van der Waals surface area contributed by atoms with E-state index in [0.29, 0.717) is 5.56 Å². The lowest BCUT2D eigenvalue weighted by Gasteiger charge is -2.00. The molecule has 0 saturated carbocycles. The van der Waals surface area contributed by atoms with Gasteiger partial charge in [-0.2, -0.15) is 0 Å². The number of nitrogens with zero attached hydrogens (tertiary/aromatic N) is 3. The molecule has 0 amide bonds. The van der Waals surface area contributed by atoms with Crippen molar-refractivity contribution in [3.05, 3.63) is 40.3 Å². The van der Waals surface area contributed by atoms with Crippen LogP contribution in [0.2, 0.25) is 0 Å². The fourth-order valence-corrected chi connectivity index (χ4v) is 1.46. The van der Waals surface area contributed by atoms with E-state index in [0.717, 1.165) is 0 Å². The van der Waals surface area contributed by atoms with Crippen LogP contribution in [-0.4, -0.2) is 8.76 Å². The molecule has 0 spiro atoms. The van der Waals surface area contributed by atoms with Crippen LogP contribution in [0.15, 0.2) is 34.3 Å². The van der Waals surface area contributed by atoms with Crippen molar-refractivity contribution in [1.29, 1.82) is 0 Å². The summed E-state index contributed by atoms with van der Waals surface area (Å²) in [5.41, 5.74) is 8.65. The Morgan fingerprint density at radius 2 is 2.23 bits per heavy atom. The smallest absolute Gasteiger partial charge is 0.186 e. The second-order valence-electron chi connectivity index (χ2n) is 2.25. The summed E-state index contributed by atoms with van der Waals surface area (Å²) in [6.45, 7) is 0.0962. The summed E-state index contributed by atoms with van der Waals surface area (Å²) < 4.78 is 19.6. The number of rotatable bonds is 3. The van der Waals surface area contributed by atoms with Crippen molar-refractivity contribution < 1.29 is 8.76 Å². The van der Waals surface area contributed by atoms with Crippen LogP contribution in [0.1, 0.15) is 5.56 Å². The summed E-state index contributed by atoms with van der Waals surface area (Å²) >= 11 is -2.03. The van der Waals surface area contributed by atoms with Crippen molar-refractivity contribution in [3.8, 4) is 0 Å². The number of hydrogen-bond acceptors (Lipinski definition) is 2. The Labute approximate surface area is 77.3 Å². The summed E-state index contributed by atoms with van der Waals surface area (Å²) in [6.07, 6.45) is 0. The van der Waals surface area contributed by atoms with Gasteiger partial charge in [0.1, 0.15) is 0 Å². The first-order valence-corrected chi connectivity index (χ1v) is 4.56. The van der Waals surface area contributed by atoms with E-state index in [-0.39, 0.29) is 11.4 Å². The molecule has 1 N–H and O–H groups in total. The maximum Gasteiger partial charge on any atom is 0.186 e. The lowest BCUT2D eigenvalue weighted by molar-refractivity contribution is 0.563. The summed E-state index contributed by atoms with van der Waals surface area (Å²) in [4.78, 5) is 2.86. The Kier molecular flexibility index (Phi) is 3.45. The van der Waals surface area contributed by atoms with Gasteiger partial charge in [0.15, 0.2) is 11.1 Å². The van der Waals surface area contributed by atoms with E-state index in [2.05, 4.69) is 10.0 Å². The molecule has 1 unspecified atom stereocenters. The molecule has 1 aromatic carbocycles. The molecule has 13 heavy (non-hydrogen) atoms. The van der Waals surface area contributed by atoms with Gasteiger partial charge in [-0.3, -0.25) is 0 Å². The van der Waals surface area contributed by atoms with Gasteiger partial charge in [-0.15, -0.1) is 0 Å². The van der Waals surface area contributed by atoms with E-state index in [1.807, 2.05) is 0 Å². The van der Waals surface area contributed by atoms with Gasteiger partial charge >= 0.3 is 0 Å². The van der Waals surface area contributed by atoms with Gasteiger partial charge in [0.25, 0.3) is 0 Å². The molecule has 5 nitrogen and oxygen atoms in total. The Bertz CT molecular complexity index is 374. The van der Waals surface area contributed by atoms with Gasteiger partial charge in [-0.05, 0) is 17.2 Å². The molecule has 0 radical (unpaired) electrons. The highest BCUT2D eigenvalue weighted by atomic mass is 32.2. The molecule has 0 aliphatic carbocycles. The molecule has 68 valence electrons. The maximum absolute atomic E-state index is 10.8. The fourth-order valence-electron chi connectivity index (χ4n) is 0.913. The molecule has 0 aromatic heterocycles. The topological polar surface area (TPSA) is 86.1 Å². The van der Waals surface area contributed by atoms with Crippen LogP contribution >= 0.6 is 0 Å². The number of benzene rings is 1. The molecule has 6 heteroatoms. The second kappa shape index (κ2) is 4.61. The Hall–Kier alpha value is -1.36. The average Bonchev–Trinajstić information content (AvgIpc) is 2.15. The largest absolute Gasteiger partial charge is 0.302 e. The van der Waals surface area contributed by atoms with Crippen LogP contribution in [0.5, 0.6) is 0 Å². The quantitative estimate of drug-likeness (QED) is 0.348. The maximum atomic E-state index is 10.8. The first-order valence-electron chi connectivity index (χ1n) is 3.45. The summed E-state index contributed by atoms with van der Waals surface area (Å²) in [7, 11) is 0. The minimum Gasteiger partial charge on any atom is -0.302 e. The number of hydrogen-bond donors (Lipinski definition) is 1. The molecule has 1 aromatic rings. The third-order valence-electron chi connectivity index (χ3n) is 1.47. The van der Waals surface area contributed by atoms with Gasteiger partial charge < -0.3 is 4.55 Å². The molecule has 0 heterocycles. The zero-order chi connectivity index (χ0) is 9.68. The van der Waals surface area contributed by atoms with E-state index >= 15 is 0 Å². The zero-order valence-corrected chi connectivity index (χ0v) is 7.44. The highest BCUT2D eigenvalue weighted by Crippen LogP contribution is 2.13. The van der Waals surface area contributed by atoms with Gasteiger partial charge in [-0.1, -0.05) is 23.3 Å². The van der Waals surface area contributed by atoms with Crippen molar-refractivity contribution in [1.82, 2.24) is 0 Å². The minimum absolute atomic E-state index is 0.0962. The van der Waals surface area contributed by atoms with Gasteiger partial charge in [0.05, 0.1) is 11.4 Å². The van der Waals surface area contributed by atoms with Crippen LogP contribution in [0.3, 0.4) is 0 Å². The molecule has 0 aliphatic heterocycles. The van der Waals surface area contributed by atoms with Crippen molar-refractivity contribution in [2.45, 2.75) is 11.4 Å². The lowest BCUT2D eigenvalue weighted by Crippen LogP contribution is -1.94. The molecular formula is C7H7N3O2S. The standard InChI is InChI=1S/C7H7N3O2S/c8-10-9-5-6-3-1-2-4-7(6)13(11)12/h1-4H,5H2,(H,11,12). The predicted octanol–water partition coefficient (Wildman–Crippen LogP) is 2.08. The summed E-state index contributed by atoms with van der Waals surface area (Å²) in [6, 6.07) is 6.55. The van der Waals surface area contributed by atoms with E-state index < -0.39 is 11.1 Å². The van der Waals surface area contributed by atoms with E-state index in [1.54, 1.807) is 18.2 Å². The zero-order valence-electron chi connectivity index (χ0n) is 6.62. The van der Waals surface area contributed by atoms with Crippen molar-refractivity contribution >= 4 is 11.1 Å². The highest BCUT2D eigenvalue weighted by molar-refractivity contribution is 7.79. The Morgan fingerprint density at radius 1 is 1.54 bits per heavy atom. The molecule has 0 bridgehead atoms. The normalized spacial score (nSPS) is 11.8. The molecule has 0 saturated heterocycles. The molecule has 1 atom stereocenters. The molecule has 1 rings (SSSR count). The van der Waals surface area contributed by atoms with Crippen molar-refractivity contribution in [2.75, 3.05) is 0 Å². The molecule has 0 aliphatic rings. The van der Waals surface area contributed by atoms with Gasteiger partial charge in [-0.25, -0.2) is 4.21 Å². The lowest BCUT2D eigenvalue weighted by atomic mass is 10.2. The van der Waals surface area contributed by atoms with Crippen molar-refractivity contribution in [3.63, 3.8) is 0 Å². The third-order valence-corrected chi connectivity index (χ3v) is 2.24. The number of azide groups is 1. The van der Waals surface area contributed by atoms with E-state index in [9.17, 15) is 4.21 Å². The Balaban J connectivity index is 3.04. The molecular weight excluding hydrogens is 190 g/mol. The van der Waals surface area contributed by atoms with Gasteiger partial charge in [0, 0.05) is 4.91 Å². The third kappa shape index (κ3) is 2.55. The summed E-state index contributed by atoms with van der Waals surface area (Å²) in [5.74, 6) is 0. The average molecular weight is 197 g/mol. The Morgan fingerprint density at radius 3 is 2.85 bits per heavy atom. The second-order valence-corrected chi connectivity index (χ2v) is 3.18. The molecule has 0 fully saturated rings. The van der Waals surface area contributed by atoms with Crippen LogP contribution in [0.4, 0.5) is 0 Å². The van der Waals surface area contributed by atoms with Crippen LogP contribution in [0.25, 0.3) is 10.4 Å². The van der Waals surface area contributed by atoms with Crippen LogP contribution in [-0.2, 0) is 17.6 Å². The van der Waals surface area contributed by atoms with Crippen molar-refractivity contribution in [2.24, 2.45) is 5.11 Å². The van der Waals surface area contributed by atoms with E-state index in [4.69, 9.17) is 10.1 Å². The predicted molar refractivity (Wildman–Crippen MR) is 48.3 cm³/mol. The highest BCUT2D eigenvalue weighted by Gasteiger charge is 2.04. The van der Waals surface area contributed by atoms with Crippen LogP contribution < -0.4 is 0 Å². The monoisotopic (exact) mass is 197 g/mol.